The van der Waals surface area contributed by atoms with Crippen LogP contribution in [-0.4, -0.2) is 71.5 Å². The third-order valence-electron chi connectivity index (χ3n) is 7.90. The molecule has 40 heavy (non-hydrogen) atoms. The topological polar surface area (TPSA) is 130 Å². The van der Waals surface area contributed by atoms with E-state index in [9.17, 15) is 14.4 Å². The van der Waals surface area contributed by atoms with Crippen molar-refractivity contribution in [3.05, 3.63) is 41.2 Å². The van der Waals surface area contributed by atoms with E-state index in [-0.39, 0.29) is 41.8 Å². The van der Waals surface area contributed by atoms with Gasteiger partial charge < -0.3 is 29.6 Å². The molecule has 11 nitrogen and oxygen atoms in total. The Bertz CT molecular complexity index is 1410. The maximum absolute atomic E-state index is 13.5. The van der Waals surface area contributed by atoms with Crippen LogP contribution in [0.4, 0.5) is 17.3 Å². The average Bonchev–Trinajstić information content (AvgIpc) is 3.63. The number of halogens is 1. The maximum atomic E-state index is 13.5. The summed E-state index contributed by atoms with van der Waals surface area (Å²) in [6, 6.07) is 6.99. The van der Waals surface area contributed by atoms with Crippen molar-refractivity contribution in [2.24, 2.45) is 5.92 Å². The number of nitrogens with zero attached hydrogens (tertiary/aromatic N) is 4. The molecule has 2 aliphatic heterocycles. The van der Waals surface area contributed by atoms with Crippen molar-refractivity contribution in [1.29, 1.82) is 0 Å². The number of nitrogens with one attached hydrogen (secondary N) is 2. The van der Waals surface area contributed by atoms with E-state index in [1.54, 1.807) is 18.2 Å². The van der Waals surface area contributed by atoms with E-state index >= 15 is 0 Å². The Labute approximate surface area is 236 Å². The van der Waals surface area contributed by atoms with Crippen LogP contribution in [0.15, 0.2) is 34.9 Å². The fourth-order valence-corrected chi connectivity index (χ4v) is 5.89. The van der Waals surface area contributed by atoms with Gasteiger partial charge in [-0.2, -0.15) is 0 Å². The van der Waals surface area contributed by atoms with Gasteiger partial charge in [-0.15, -0.1) is 0 Å². The van der Waals surface area contributed by atoms with E-state index in [1.165, 1.54) is 6.20 Å². The molecule has 5 heterocycles. The maximum Gasteiger partial charge on any atom is 0.294 e. The third-order valence-corrected chi connectivity index (χ3v) is 8.13. The molecule has 3 fully saturated rings. The van der Waals surface area contributed by atoms with Crippen LogP contribution in [0.3, 0.4) is 0 Å². The van der Waals surface area contributed by atoms with Gasteiger partial charge in [0.15, 0.2) is 5.58 Å². The zero-order valence-corrected chi connectivity index (χ0v) is 22.8. The number of amides is 3. The van der Waals surface area contributed by atoms with Crippen molar-refractivity contribution in [2.45, 2.75) is 44.6 Å². The normalized spacial score (nSPS) is 21.6. The molecule has 3 amide bonds. The number of fused-ring (bicyclic) bond motifs is 1. The van der Waals surface area contributed by atoms with Gasteiger partial charge in [-0.1, -0.05) is 11.6 Å². The number of pyridine rings is 2. The summed E-state index contributed by atoms with van der Waals surface area (Å²) in [4.78, 5) is 52.1. The predicted octanol–water partition coefficient (Wildman–Crippen LogP) is 4.08. The Morgan fingerprint density at radius 3 is 2.52 bits per heavy atom. The average molecular weight is 567 g/mol. The summed E-state index contributed by atoms with van der Waals surface area (Å²) in [5.41, 5.74) is 1.08. The van der Waals surface area contributed by atoms with Crippen molar-refractivity contribution < 1.29 is 23.5 Å². The second kappa shape index (κ2) is 11.4. The van der Waals surface area contributed by atoms with Gasteiger partial charge in [0, 0.05) is 37.8 Å². The van der Waals surface area contributed by atoms with E-state index in [1.807, 2.05) is 11.0 Å². The lowest BCUT2D eigenvalue weighted by Gasteiger charge is -2.38. The summed E-state index contributed by atoms with van der Waals surface area (Å²) in [6.07, 6.45) is 6.37. The van der Waals surface area contributed by atoms with E-state index in [0.717, 1.165) is 44.6 Å². The first-order valence-corrected chi connectivity index (χ1v) is 14.1. The summed E-state index contributed by atoms with van der Waals surface area (Å²) >= 11 is 5.93. The highest BCUT2D eigenvalue weighted by molar-refractivity contribution is 6.30. The molecular formula is C28H31ClN6O5. The highest BCUT2D eigenvalue weighted by Gasteiger charge is 2.34. The second-order valence-corrected chi connectivity index (χ2v) is 10.9. The number of morpholine rings is 1. The number of rotatable bonds is 6. The molecule has 210 valence electrons. The first-order chi connectivity index (χ1) is 19.5. The first kappa shape index (κ1) is 26.5. The highest BCUT2D eigenvalue weighted by atomic mass is 35.5. The van der Waals surface area contributed by atoms with E-state index in [0.29, 0.717) is 47.9 Å². The minimum Gasteiger partial charge on any atom is -0.447 e. The molecular weight excluding hydrogens is 536 g/mol. The van der Waals surface area contributed by atoms with Crippen molar-refractivity contribution in [1.82, 2.24) is 14.9 Å². The molecule has 2 saturated heterocycles. The number of aromatic nitrogens is 2. The SMILES string of the molecule is O=C(Nc1ccc(Cl)cn1)c1oc2ccc(N3CCCC3)nc2c1NC(=O)C1CCC(N2CCOCC2=O)CC1. The van der Waals surface area contributed by atoms with Gasteiger partial charge in [0.05, 0.1) is 11.6 Å². The van der Waals surface area contributed by atoms with Gasteiger partial charge in [0.25, 0.3) is 5.91 Å². The summed E-state index contributed by atoms with van der Waals surface area (Å²) in [5, 5.41) is 6.14. The standard InChI is InChI=1S/C28H31ClN6O5/c29-18-5-9-21(30-15-18)31-28(38)26-25(24-20(40-26)8-10-22(32-24)34-11-1-2-12-34)33-27(37)17-3-6-19(7-4-17)35-13-14-39-16-23(35)36/h5,8-10,15,17,19H,1-4,6-7,11-14,16H2,(H,33,37)(H,30,31,38). The van der Waals surface area contributed by atoms with E-state index in [4.69, 9.17) is 25.7 Å². The number of furan rings is 1. The van der Waals surface area contributed by atoms with Gasteiger partial charge in [0.1, 0.15) is 29.4 Å². The van der Waals surface area contributed by atoms with Crippen molar-refractivity contribution >= 4 is 57.7 Å². The molecule has 3 aromatic heterocycles. The fourth-order valence-electron chi connectivity index (χ4n) is 5.78. The number of carbonyl (C=O) groups is 3. The molecule has 0 aromatic carbocycles. The lowest BCUT2D eigenvalue weighted by Crippen LogP contribution is -2.49. The van der Waals surface area contributed by atoms with Crippen LogP contribution in [0.25, 0.3) is 11.1 Å². The monoisotopic (exact) mass is 566 g/mol. The number of ether oxygens (including phenoxy) is 1. The number of hydrogen-bond acceptors (Lipinski definition) is 8. The van der Waals surface area contributed by atoms with Crippen molar-refractivity contribution in [2.75, 3.05) is 48.4 Å². The minimum atomic E-state index is -0.555. The van der Waals surface area contributed by atoms with Crippen LogP contribution in [0.5, 0.6) is 0 Å². The van der Waals surface area contributed by atoms with Gasteiger partial charge >= 0.3 is 0 Å². The number of hydrogen-bond donors (Lipinski definition) is 2. The molecule has 0 radical (unpaired) electrons. The smallest absolute Gasteiger partial charge is 0.294 e. The minimum absolute atomic E-state index is 0.00901. The second-order valence-electron chi connectivity index (χ2n) is 10.5. The molecule has 2 N–H and O–H groups in total. The lowest BCUT2D eigenvalue weighted by molar-refractivity contribution is -0.146. The van der Waals surface area contributed by atoms with Gasteiger partial charge in [0.2, 0.25) is 17.6 Å². The van der Waals surface area contributed by atoms with Crippen molar-refractivity contribution in [3.8, 4) is 0 Å². The summed E-state index contributed by atoms with van der Waals surface area (Å²) in [5.74, 6) is 0.0421. The van der Waals surface area contributed by atoms with Gasteiger partial charge in [-0.25, -0.2) is 9.97 Å². The van der Waals surface area contributed by atoms with Gasteiger partial charge in [-0.3, -0.25) is 14.4 Å². The largest absolute Gasteiger partial charge is 0.447 e. The Hall–Kier alpha value is -3.70. The summed E-state index contributed by atoms with van der Waals surface area (Å²) < 4.78 is 11.2. The lowest BCUT2D eigenvalue weighted by atomic mass is 9.84. The van der Waals surface area contributed by atoms with Crippen LogP contribution in [0.1, 0.15) is 49.1 Å². The fraction of sp³-hybridized carbons (Fsp3) is 0.464. The van der Waals surface area contributed by atoms with E-state index in [2.05, 4.69) is 20.5 Å². The molecule has 1 aliphatic carbocycles. The zero-order chi connectivity index (χ0) is 27.6. The van der Waals surface area contributed by atoms with Crippen LogP contribution >= 0.6 is 11.6 Å². The summed E-state index contributed by atoms with van der Waals surface area (Å²) in [6.45, 7) is 3.07. The Balaban J connectivity index is 1.24. The van der Waals surface area contributed by atoms with Crippen LogP contribution in [0, 0.1) is 5.92 Å². The first-order valence-electron chi connectivity index (χ1n) is 13.8. The molecule has 0 atom stereocenters. The van der Waals surface area contributed by atoms with Crippen LogP contribution in [0.2, 0.25) is 5.02 Å². The molecule has 0 bridgehead atoms. The molecule has 6 rings (SSSR count). The molecule has 3 aromatic rings. The third kappa shape index (κ3) is 5.48. The highest BCUT2D eigenvalue weighted by Crippen LogP contribution is 2.35. The molecule has 1 saturated carbocycles. The molecule has 0 unspecified atom stereocenters. The Kier molecular flexibility index (Phi) is 7.57. The quantitative estimate of drug-likeness (QED) is 0.456. The summed E-state index contributed by atoms with van der Waals surface area (Å²) in [7, 11) is 0. The van der Waals surface area contributed by atoms with Gasteiger partial charge in [-0.05, 0) is 62.8 Å². The van der Waals surface area contributed by atoms with Crippen LogP contribution < -0.4 is 15.5 Å². The molecule has 3 aliphatic rings. The zero-order valence-electron chi connectivity index (χ0n) is 22.0. The van der Waals surface area contributed by atoms with Crippen molar-refractivity contribution in [3.63, 3.8) is 0 Å². The number of anilines is 3. The van der Waals surface area contributed by atoms with Crippen LogP contribution in [-0.2, 0) is 14.3 Å². The Morgan fingerprint density at radius 1 is 1.00 bits per heavy atom. The van der Waals surface area contributed by atoms with E-state index < -0.39 is 5.91 Å². The predicted molar refractivity (Wildman–Crippen MR) is 150 cm³/mol. The molecule has 0 spiro atoms. The number of carbonyl (C=O) groups excluding carboxylic acids is 3. The Morgan fingerprint density at radius 2 is 1.80 bits per heavy atom. The molecule has 12 heteroatoms.